The summed E-state index contributed by atoms with van der Waals surface area (Å²) in [5.74, 6) is 1.70. The molecule has 0 aliphatic heterocycles. The van der Waals surface area contributed by atoms with Gasteiger partial charge in [0, 0.05) is 11.7 Å². The number of fused-ring (bicyclic) bond motifs is 1. The highest BCUT2D eigenvalue weighted by atomic mass is 32.2. The lowest BCUT2D eigenvalue weighted by Crippen LogP contribution is -2.44. The summed E-state index contributed by atoms with van der Waals surface area (Å²) >= 11 is 1.51. The van der Waals surface area contributed by atoms with Gasteiger partial charge in [0.25, 0.3) is 0 Å². The molecule has 146 valence electrons. The maximum atomic E-state index is 12.6. The molecular formula is C23H27N3OS. The second-order valence-electron chi connectivity index (χ2n) is 7.78. The van der Waals surface area contributed by atoms with Crippen LogP contribution in [0.1, 0.15) is 33.1 Å². The molecular weight excluding hydrogens is 366 g/mol. The van der Waals surface area contributed by atoms with Crippen LogP contribution >= 0.6 is 11.8 Å². The lowest BCUT2D eigenvalue weighted by Gasteiger charge is -2.34. The fraction of sp³-hybridized carbons (Fsp3) is 0.391. The van der Waals surface area contributed by atoms with Crippen LogP contribution in [-0.2, 0) is 4.79 Å². The van der Waals surface area contributed by atoms with Gasteiger partial charge in [0.05, 0.1) is 16.8 Å². The molecule has 1 aliphatic carbocycles. The second-order valence-corrected chi connectivity index (χ2v) is 8.73. The van der Waals surface area contributed by atoms with Gasteiger partial charge in [0.1, 0.15) is 0 Å². The van der Waals surface area contributed by atoms with E-state index in [0.717, 1.165) is 28.3 Å². The van der Waals surface area contributed by atoms with Gasteiger partial charge in [0.15, 0.2) is 5.16 Å². The van der Waals surface area contributed by atoms with Crippen LogP contribution in [0.15, 0.2) is 59.8 Å². The van der Waals surface area contributed by atoms with Gasteiger partial charge in [0.2, 0.25) is 5.91 Å². The lowest BCUT2D eigenvalue weighted by atomic mass is 9.78. The number of rotatable bonds is 5. The van der Waals surface area contributed by atoms with E-state index in [0.29, 0.717) is 23.6 Å². The molecule has 1 amide bonds. The molecule has 1 aromatic heterocycles. The van der Waals surface area contributed by atoms with Crippen LogP contribution in [-0.4, -0.2) is 27.3 Å². The Balaban J connectivity index is 1.51. The van der Waals surface area contributed by atoms with Crippen LogP contribution in [0.25, 0.3) is 16.7 Å². The number of nitrogens with zero attached hydrogens (tertiary/aromatic N) is 2. The van der Waals surface area contributed by atoms with Crippen molar-refractivity contribution in [3.63, 3.8) is 0 Å². The zero-order valence-corrected chi connectivity index (χ0v) is 17.3. The molecule has 1 N–H and O–H groups in total. The van der Waals surface area contributed by atoms with Crippen molar-refractivity contribution in [2.45, 2.75) is 44.3 Å². The maximum Gasteiger partial charge on any atom is 0.230 e. The Hall–Kier alpha value is -2.27. The minimum atomic E-state index is 0.0996. The van der Waals surface area contributed by atoms with Gasteiger partial charge in [-0.1, -0.05) is 68.8 Å². The third-order valence-corrected chi connectivity index (χ3v) is 6.87. The molecule has 28 heavy (non-hydrogen) atoms. The van der Waals surface area contributed by atoms with Gasteiger partial charge in [-0.2, -0.15) is 0 Å². The van der Waals surface area contributed by atoms with Crippen molar-refractivity contribution in [1.29, 1.82) is 0 Å². The molecule has 2 aromatic carbocycles. The minimum Gasteiger partial charge on any atom is -0.352 e. The zero-order valence-electron chi connectivity index (χ0n) is 16.5. The molecule has 0 unspecified atom stereocenters. The molecule has 1 saturated carbocycles. The maximum absolute atomic E-state index is 12.6. The van der Waals surface area contributed by atoms with E-state index in [1.165, 1.54) is 24.6 Å². The minimum absolute atomic E-state index is 0.0996. The normalized spacial score (nSPS) is 22.3. The average molecular weight is 394 g/mol. The van der Waals surface area contributed by atoms with Gasteiger partial charge < -0.3 is 5.32 Å². The Morgan fingerprint density at radius 1 is 1.11 bits per heavy atom. The highest BCUT2D eigenvalue weighted by molar-refractivity contribution is 7.99. The smallest absolute Gasteiger partial charge is 0.230 e. The van der Waals surface area contributed by atoms with Crippen molar-refractivity contribution < 1.29 is 4.79 Å². The van der Waals surface area contributed by atoms with E-state index >= 15 is 0 Å². The number of carbonyl (C=O) groups is 1. The Morgan fingerprint density at radius 3 is 2.68 bits per heavy atom. The molecule has 1 aliphatic rings. The van der Waals surface area contributed by atoms with E-state index in [4.69, 9.17) is 4.98 Å². The number of hydrogen-bond donors (Lipinski definition) is 1. The largest absolute Gasteiger partial charge is 0.352 e. The zero-order chi connectivity index (χ0) is 19.5. The van der Waals surface area contributed by atoms with Crippen molar-refractivity contribution in [3.05, 3.63) is 54.6 Å². The summed E-state index contributed by atoms with van der Waals surface area (Å²) in [7, 11) is 0. The molecule has 0 saturated heterocycles. The van der Waals surface area contributed by atoms with Crippen molar-refractivity contribution in [2.24, 2.45) is 11.8 Å². The van der Waals surface area contributed by atoms with Crippen LogP contribution < -0.4 is 5.32 Å². The van der Waals surface area contributed by atoms with Crippen LogP contribution in [0.4, 0.5) is 0 Å². The SMILES string of the molecule is C[C@@H]1[C@H](C)CCC[C@H]1NC(=O)CSc1nc2ccccc2n1-c1ccccc1. The summed E-state index contributed by atoms with van der Waals surface area (Å²) in [6.45, 7) is 4.55. The number of nitrogens with one attached hydrogen (secondary N) is 1. The quantitative estimate of drug-likeness (QED) is 0.617. The number of aromatic nitrogens is 2. The molecule has 4 rings (SSSR count). The first-order valence-electron chi connectivity index (χ1n) is 10.1. The predicted octanol–water partition coefficient (Wildman–Crippen LogP) is 5.06. The second kappa shape index (κ2) is 8.39. The molecule has 4 nitrogen and oxygen atoms in total. The first kappa shape index (κ1) is 19.1. The molecule has 1 heterocycles. The Morgan fingerprint density at radius 2 is 1.86 bits per heavy atom. The lowest BCUT2D eigenvalue weighted by molar-refractivity contribution is -0.120. The molecule has 1 fully saturated rings. The van der Waals surface area contributed by atoms with Gasteiger partial charge in [-0.3, -0.25) is 9.36 Å². The average Bonchev–Trinajstić information content (AvgIpc) is 3.09. The number of thioether (sulfide) groups is 1. The number of para-hydroxylation sites is 3. The van der Waals surface area contributed by atoms with Gasteiger partial charge >= 0.3 is 0 Å². The number of imidazole rings is 1. The fourth-order valence-electron chi connectivity index (χ4n) is 4.09. The molecule has 5 heteroatoms. The molecule has 0 bridgehead atoms. The van der Waals surface area contributed by atoms with Crippen molar-refractivity contribution in [3.8, 4) is 5.69 Å². The Kier molecular flexibility index (Phi) is 5.72. The fourth-order valence-corrected chi connectivity index (χ4v) is 4.93. The summed E-state index contributed by atoms with van der Waals surface area (Å²) in [5.41, 5.74) is 3.07. The van der Waals surface area contributed by atoms with E-state index in [9.17, 15) is 4.79 Å². The molecule has 3 atom stereocenters. The van der Waals surface area contributed by atoms with Gasteiger partial charge in [-0.25, -0.2) is 4.98 Å². The molecule has 0 radical (unpaired) electrons. The van der Waals surface area contributed by atoms with Crippen molar-refractivity contribution in [2.75, 3.05) is 5.75 Å². The number of carbonyl (C=O) groups excluding carboxylic acids is 1. The third-order valence-electron chi connectivity index (χ3n) is 5.93. The van der Waals surface area contributed by atoms with Crippen LogP contribution in [0.2, 0.25) is 0 Å². The highest BCUT2D eigenvalue weighted by Crippen LogP contribution is 2.30. The van der Waals surface area contributed by atoms with E-state index in [1.807, 2.05) is 36.4 Å². The van der Waals surface area contributed by atoms with Crippen molar-refractivity contribution in [1.82, 2.24) is 14.9 Å². The van der Waals surface area contributed by atoms with Crippen LogP contribution in [0, 0.1) is 11.8 Å². The topological polar surface area (TPSA) is 46.9 Å². The van der Waals surface area contributed by atoms with E-state index in [1.54, 1.807) is 0 Å². The first-order valence-corrected chi connectivity index (χ1v) is 11.1. The number of amides is 1. The van der Waals surface area contributed by atoms with Crippen molar-refractivity contribution >= 4 is 28.7 Å². The number of benzene rings is 2. The van der Waals surface area contributed by atoms with Gasteiger partial charge in [-0.05, 0) is 42.5 Å². The summed E-state index contributed by atoms with van der Waals surface area (Å²) < 4.78 is 2.14. The van der Waals surface area contributed by atoms with Crippen LogP contribution in [0.5, 0.6) is 0 Å². The molecule has 0 spiro atoms. The summed E-state index contributed by atoms with van der Waals surface area (Å²) in [6.07, 6.45) is 3.56. The summed E-state index contributed by atoms with van der Waals surface area (Å²) in [5, 5.41) is 4.12. The highest BCUT2D eigenvalue weighted by Gasteiger charge is 2.28. The molecule has 3 aromatic rings. The van der Waals surface area contributed by atoms with Gasteiger partial charge in [-0.15, -0.1) is 0 Å². The Labute approximate surface area is 170 Å². The first-order chi connectivity index (χ1) is 13.6. The summed E-state index contributed by atoms with van der Waals surface area (Å²) in [6, 6.07) is 18.6. The Bertz CT molecular complexity index is 953. The van der Waals surface area contributed by atoms with E-state index < -0.39 is 0 Å². The predicted molar refractivity (Wildman–Crippen MR) is 116 cm³/mol. The monoisotopic (exact) mass is 393 g/mol. The summed E-state index contributed by atoms with van der Waals surface area (Å²) in [4.78, 5) is 17.4. The van der Waals surface area contributed by atoms with Crippen LogP contribution in [0.3, 0.4) is 0 Å². The van der Waals surface area contributed by atoms with E-state index in [2.05, 4.69) is 41.9 Å². The number of hydrogen-bond acceptors (Lipinski definition) is 3. The van der Waals surface area contributed by atoms with E-state index in [-0.39, 0.29) is 5.91 Å². The standard InChI is InChI=1S/C23H27N3OS/c1-16-9-8-13-19(17(16)2)24-22(27)15-28-23-25-20-12-6-7-14-21(20)26(23)18-10-4-3-5-11-18/h3-7,10-12,14,16-17,19H,8-9,13,15H2,1-2H3,(H,24,27)/t16-,17-,19-/m1/s1. The third kappa shape index (κ3) is 3.95.